The summed E-state index contributed by atoms with van der Waals surface area (Å²) in [6.45, 7) is 3.46. The van der Waals surface area contributed by atoms with E-state index in [1.54, 1.807) is 26.0 Å². The molecular formula is C19H19FN4OS. The first-order valence-corrected chi connectivity index (χ1v) is 9.02. The van der Waals surface area contributed by atoms with Crippen molar-refractivity contribution < 1.29 is 9.18 Å². The molecule has 0 unspecified atom stereocenters. The van der Waals surface area contributed by atoms with E-state index in [-0.39, 0.29) is 11.7 Å². The first-order chi connectivity index (χ1) is 12.5. The number of hydrogen-bond acceptors (Lipinski definition) is 4. The van der Waals surface area contributed by atoms with E-state index in [4.69, 9.17) is 0 Å². The van der Waals surface area contributed by atoms with Crippen LogP contribution in [0.4, 0.5) is 10.1 Å². The van der Waals surface area contributed by atoms with Crippen LogP contribution in [0.15, 0.2) is 53.7 Å². The van der Waals surface area contributed by atoms with Crippen LogP contribution >= 0.6 is 11.8 Å². The van der Waals surface area contributed by atoms with Crippen molar-refractivity contribution in [1.29, 1.82) is 0 Å². The summed E-state index contributed by atoms with van der Waals surface area (Å²) in [7, 11) is 1.87. The van der Waals surface area contributed by atoms with E-state index in [0.29, 0.717) is 16.4 Å². The Balaban J connectivity index is 1.69. The van der Waals surface area contributed by atoms with Gasteiger partial charge in [0, 0.05) is 18.3 Å². The van der Waals surface area contributed by atoms with Gasteiger partial charge in [0.25, 0.3) is 0 Å². The maximum absolute atomic E-state index is 13.6. The van der Waals surface area contributed by atoms with E-state index >= 15 is 0 Å². The number of benzene rings is 2. The number of halogens is 1. The second-order valence-corrected chi connectivity index (χ2v) is 7.25. The Kier molecular flexibility index (Phi) is 5.37. The standard InChI is InChI=1S/C19H19FN4OS/c1-12-9-10-15(11-16(12)20)21-18(25)13(2)26-19-23-22-17(24(19)3)14-7-5-4-6-8-14/h4-11,13H,1-3H3,(H,21,25)/t13-/m1/s1. The van der Waals surface area contributed by atoms with Crippen LogP contribution in [0.5, 0.6) is 0 Å². The SMILES string of the molecule is Cc1ccc(NC(=O)[C@@H](C)Sc2nnc(-c3ccccc3)n2C)cc1F. The van der Waals surface area contributed by atoms with Gasteiger partial charge in [0.2, 0.25) is 5.91 Å². The maximum atomic E-state index is 13.6. The van der Waals surface area contributed by atoms with E-state index in [2.05, 4.69) is 15.5 Å². The molecule has 5 nitrogen and oxygen atoms in total. The van der Waals surface area contributed by atoms with Crippen LogP contribution in [0.1, 0.15) is 12.5 Å². The third-order valence-electron chi connectivity index (χ3n) is 3.96. The van der Waals surface area contributed by atoms with Crippen LogP contribution < -0.4 is 5.32 Å². The lowest BCUT2D eigenvalue weighted by Gasteiger charge is -2.12. The van der Waals surface area contributed by atoms with Crippen LogP contribution in [0.2, 0.25) is 0 Å². The highest BCUT2D eigenvalue weighted by Gasteiger charge is 2.19. The Bertz CT molecular complexity index is 927. The van der Waals surface area contributed by atoms with Gasteiger partial charge in [0.05, 0.1) is 5.25 Å². The van der Waals surface area contributed by atoms with Gasteiger partial charge in [-0.1, -0.05) is 48.2 Å². The van der Waals surface area contributed by atoms with Crippen molar-refractivity contribution in [3.8, 4) is 11.4 Å². The molecule has 0 fully saturated rings. The number of rotatable bonds is 5. The Morgan fingerprint density at radius 3 is 2.62 bits per heavy atom. The molecule has 26 heavy (non-hydrogen) atoms. The summed E-state index contributed by atoms with van der Waals surface area (Å²) < 4.78 is 15.5. The van der Waals surface area contributed by atoms with Crippen molar-refractivity contribution in [3.63, 3.8) is 0 Å². The zero-order valence-corrected chi connectivity index (χ0v) is 15.5. The summed E-state index contributed by atoms with van der Waals surface area (Å²) in [4.78, 5) is 12.4. The summed E-state index contributed by atoms with van der Waals surface area (Å²) in [5.41, 5.74) is 1.94. The van der Waals surface area contributed by atoms with E-state index in [1.807, 2.05) is 41.9 Å². The molecule has 1 aromatic heterocycles. The second-order valence-electron chi connectivity index (χ2n) is 5.94. The number of aromatic nitrogens is 3. The number of hydrogen-bond donors (Lipinski definition) is 1. The van der Waals surface area contributed by atoms with Crippen molar-refractivity contribution in [2.75, 3.05) is 5.32 Å². The van der Waals surface area contributed by atoms with Gasteiger partial charge in [-0.2, -0.15) is 0 Å². The van der Waals surface area contributed by atoms with Gasteiger partial charge in [0.15, 0.2) is 11.0 Å². The number of carbonyl (C=O) groups is 1. The van der Waals surface area contributed by atoms with Crippen molar-refractivity contribution in [2.24, 2.45) is 7.05 Å². The number of nitrogens with zero attached hydrogens (tertiary/aromatic N) is 3. The molecule has 134 valence electrons. The molecule has 1 N–H and O–H groups in total. The monoisotopic (exact) mass is 370 g/mol. The largest absolute Gasteiger partial charge is 0.325 e. The molecule has 3 aromatic rings. The lowest BCUT2D eigenvalue weighted by molar-refractivity contribution is -0.115. The van der Waals surface area contributed by atoms with Crippen LogP contribution in [0.3, 0.4) is 0 Å². The zero-order valence-electron chi connectivity index (χ0n) is 14.7. The van der Waals surface area contributed by atoms with Gasteiger partial charge in [-0.3, -0.25) is 4.79 Å². The van der Waals surface area contributed by atoms with Crippen LogP contribution in [0, 0.1) is 12.7 Å². The minimum atomic E-state index is -0.411. The number of nitrogens with one attached hydrogen (secondary N) is 1. The van der Waals surface area contributed by atoms with Crippen molar-refractivity contribution in [3.05, 3.63) is 59.9 Å². The highest BCUT2D eigenvalue weighted by Crippen LogP contribution is 2.26. The van der Waals surface area contributed by atoms with Crippen molar-refractivity contribution in [1.82, 2.24) is 14.8 Å². The van der Waals surface area contributed by atoms with Crippen LogP contribution in [-0.4, -0.2) is 25.9 Å². The molecule has 0 aliphatic heterocycles. The lowest BCUT2D eigenvalue weighted by atomic mass is 10.2. The minimum absolute atomic E-state index is 0.220. The molecule has 7 heteroatoms. The number of aryl methyl sites for hydroxylation is 1. The fraction of sp³-hybridized carbons (Fsp3) is 0.211. The van der Waals surface area contributed by atoms with Gasteiger partial charge in [-0.05, 0) is 31.5 Å². The third kappa shape index (κ3) is 3.94. The van der Waals surface area contributed by atoms with Crippen LogP contribution in [-0.2, 0) is 11.8 Å². The van der Waals surface area contributed by atoms with E-state index in [0.717, 1.165) is 11.4 Å². The smallest absolute Gasteiger partial charge is 0.237 e. The molecule has 1 heterocycles. The van der Waals surface area contributed by atoms with Crippen molar-refractivity contribution >= 4 is 23.4 Å². The number of amides is 1. The van der Waals surface area contributed by atoms with Gasteiger partial charge in [-0.25, -0.2) is 4.39 Å². The zero-order chi connectivity index (χ0) is 18.7. The summed E-state index contributed by atoms with van der Waals surface area (Å²) in [5, 5.41) is 11.4. The quantitative estimate of drug-likeness (QED) is 0.689. The molecule has 0 aliphatic carbocycles. The third-order valence-corrected chi connectivity index (χ3v) is 5.09. The molecule has 2 aromatic carbocycles. The maximum Gasteiger partial charge on any atom is 0.237 e. The molecule has 0 bridgehead atoms. The average Bonchev–Trinajstić information content (AvgIpc) is 2.99. The van der Waals surface area contributed by atoms with Gasteiger partial charge in [-0.15, -0.1) is 10.2 Å². The summed E-state index contributed by atoms with van der Waals surface area (Å²) >= 11 is 1.30. The Labute approximate surface area is 155 Å². The first-order valence-electron chi connectivity index (χ1n) is 8.14. The molecule has 0 saturated carbocycles. The van der Waals surface area contributed by atoms with Gasteiger partial charge in [0.1, 0.15) is 5.82 Å². The van der Waals surface area contributed by atoms with E-state index < -0.39 is 5.25 Å². The molecule has 3 rings (SSSR count). The minimum Gasteiger partial charge on any atom is -0.325 e. The van der Waals surface area contributed by atoms with E-state index in [1.165, 1.54) is 17.8 Å². The van der Waals surface area contributed by atoms with Crippen LogP contribution in [0.25, 0.3) is 11.4 Å². The second kappa shape index (κ2) is 7.70. The summed E-state index contributed by atoms with van der Waals surface area (Å²) in [6, 6.07) is 14.4. The predicted molar refractivity (Wildman–Crippen MR) is 102 cm³/mol. The average molecular weight is 370 g/mol. The molecule has 0 radical (unpaired) electrons. The van der Waals surface area contributed by atoms with E-state index in [9.17, 15) is 9.18 Å². The van der Waals surface area contributed by atoms with Crippen molar-refractivity contribution in [2.45, 2.75) is 24.3 Å². The Morgan fingerprint density at radius 1 is 1.19 bits per heavy atom. The van der Waals surface area contributed by atoms with Gasteiger partial charge >= 0.3 is 0 Å². The normalized spacial score (nSPS) is 12.0. The lowest BCUT2D eigenvalue weighted by Crippen LogP contribution is -2.23. The molecular weight excluding hydrogens is 351 g/mol. The molecule has 0 saturated heterocycles. The molecule has 0 aliphatic rings. The highest BCUT2D eigenvalue weighted by molar-refractivity contribution is 8.00. The number of thioether (sulfide) groups is 1. The van der Waals surface area contributed by atoms with Gasteiger partial charge < -0.3 is 9.88 Å². The fourth-order valence-electron chi connectivity index (χ4n) is 2.38. The molecule has 0 spiro atoms. The Morgan fingerprint density at radius 2 is 1.92 bits per heavy atom. The topological polar surface area (TPSA) is 59.8 Å². The Hall–Kier alpha value is -2.67. The number of carbonyl (C=O) groups excluding carboxylic acids is 1. The highest BCUT2D eigenvalue weighted by atomic mass is 32.2. The summed E-state index contributed by atoms with van der Waals surface area (Å²) in [6.07, 6.45) is 0. The number of anilines is 1. The first kappa shape index (κ1) is 18.1. The fourth-order valence-corrected chi connectivity index (χ4v) is 3.20. The predicted octanol–water partition coefficient (Wildman–Crippen LogP) is 4.05. The summed E-state index contributed by atoms with van der Waals surface area (Å²) in [5.74, 6) is 0.174. The molecule has 1 amide bonds. The molecule has 1 atom stereocenters.